The molecule has 0 unspecified atom stereocenters. The molecule has 0 aromatic heterocycles. The van der Waals surface area contributed by atoms with E-state index < -0.39 is 38.7 Å². The minimum atomic E-state index is -5.61. The SMILES string of the molecule is COc1ccc(S(=O)(=O)C(F)(F)F)cc1NC(=O)COc1cccc(C(N)=O)c1. The van der Waals surface area contributed by atoms with E-state index in [9.17, 15) is 31.2 Å². The highest BCUT2D eigenvalue weighted by atomic mass is 32.2. The number of carbonyl (C=O) groups excluding carboxylic acids is 2. The lowest BCUT2D eigenvalue weighted by Crippen LogP contribution is -2.24. The Balaban J connectivity index is 2.18. The number of methoxy groups -OCH3 is 1. The summed E-state index contributed by atoms with van der Waals surface area (Å²) in [5.74, 6) is -1.42. The molecule has 2 aromatic carbocycles. The smallest absolute Gasteiger partial charge is 0.495 e. The fourth-order valence-corrected chi connectivity index (χ4v) is 2.95. The van der Waals surface area contributed by atoms with Crippen molar-refractivity contribution in [3.05, 3.63) is 48.0 Å². The number of ether oxygens (including phenoxy) is 2. The highest BCUT2D eigenvalue weighted by molar-refractivity contribution is 7.92. The number of rotatable bonds is 7. The maximum atomic E-state index is 12.7. The topological polar surface area (TPSA) is 125 Å². The van der Waals surface area contributed by atoms with Gasteiger partial charge in [0.15, 0.2) is 6.61 Å². The molecule has 0 bridgehead atoms. The highest BCUT2D eigenvalue weighted by Gasteiger charge is 2.47. The summed E-state index contributed by atoms with van der Waals surface area (Å²) in [6, 6.07) is 7.99. The number of primary amides is 1. The van der Waals surface area contributed by atoms with Gasteiger partial charge in [0.2, 0.25) is 5.91 Å². The van der Waals surface area contributed by atoms with Crippen LogP contribution in [0, 0.1) is 0 Å². The second-order valence-electron chi connectivity index (χ2n) is 5.54. The van der Waals surface area contributed by atoms with Crippen LogP contribution in [-0.4, -0.2) is 39.5 Å². The zero-order valence-corrected chi connectivity index (χ0v) is 15.6. The molecule has 2 amide bonds. The van der Waals surface area contributed by atoms with Gasteiger partial charge >= 0.3 is 5.51 Å². The van der Waals surface area contributed by atoms with Crippen molar-refractivity contribution < 1.29 is 40.7 Å². The fraction of sp³-hybridized carbons (Fsp3) is 0.176. The second kappa shape index (κ2) is 8.39. The molecule has 0 spiro atoms. The zero-order chi connectivity index (χ0) is 21.8. The van der Waals surface area contributed by atoms with Gasteiger partial charge in [-0.1, -0.05) is 6.07 Å². The largest absolute Gasteiger partial charge is 0.501 e. The number of nitrogens with one attached hydrogen (secondary N) is 1. The molecule has 0 saturated heterocycles. The van der Waals surface area contributed by atoms with Gasteiger partial charge in [-0.2, -0.15) is 13.2 Å². The molecule has 0 aliphatic carbocycles. The number of anilines is 1. The highest BCUT2D eigenvalue weighted by Crippen LogP contribution is 2.34. The summed E-state index contributed by atoms with van der Waals surface area (Å²) >= 11 is 0. The Hall–Kier alpha value is -3.28. The third-order valence-electron chi connectivity index (χ3n) is 3.55. The Bertz CT molecular complexity index is 1040. The van der Waals surface area contributed by atoms with Crippen LogP contribution in [0.3, 0.4) is 0 Å². The van der Waals surface area contributed by atoms with Gasteiger partial charge in [-0.05, 0) is 36.4 Å². The van der Waals surface area contributed by atoms with Crippen molar-refractivity contribution in [3.8, 4) is 11.5 Å². The molecule has 0 heterocycles. The summed E-state index contributed by atoms with van der Waals surface area (Å²) in [7, 11) is -4.42. The summed E-state index contributed by atoms with van der Waals surface area (Å²) in [5, 5.41) is 2.22. The van der Waals surface area contributed by atoms with E-state index in [0.717, 1.165) is 6.07 Å². The number of carbonyl (C=O) groups is 2. The van der Waals surface area contributed by atoms with Gasteiger partial charge in [0.1, 0.15) is 11.5 Å². The van der Waals surface area contributed by atoms with Crippen molar-refractivity contribution in [1.82, 2.24) is 0 Å². The molecule has 0 aliphatic rings. The van der Waals surface area contributed by atoms with Crippen LogP contribution in [0.1, 0.15) is 10.4 Å². The summed E-state index contributed by atoms with van der Waals surface area (Å²) in [5.41, 5.74) is -0.513. The number of halogens is 3. The van der Waals surface area contributed by atoms with Gasteiger partial charge in [0.05, 0.1) is 17.7 Å². The normalized spacial score (nSPS) is 11.6. The molecule has 2 aromatic rings. The molecule has 156 valence electrons. The number of alkyl halides is 3. The van der Waals surface area contributed by atoms with Crippen molar-refractivity contribution in [2.24, 2.45) is 5.73 Å². The van der Waals surface area contributed by atoms with E-state index in [-0.39, 0.29) is 22.7 Å². The van der Waals surface area contributed by atoms with Crippen LogP contribution in [0.15, 0.2) is 47.4 Å². The Kier molecular flexibility index (Phi) is 6.37. The fourth-order valence-electron chi connectivity index (χ4n) is 2.16. The van der Waals surface area contributed by atoms with Crippen LogP contribution in [0.4, 0.5) is 18.9 Å². The summed E-state index contributed by atoms with van der Waals surface area (Å²) < 4.78 is 71.4. The average Bonchev–Trinajstić information content (AvgIpc) is 2.65. The number of sulfone groups is 1. The van der Waals surface area contributed by atoms with E-state index in [1.54, 1.807) is 0 Å². The molecular weight excluding hydrogens is 417 g/mol. The first-order valence-electron chi connectivity index (χ1n) is 7.77. The molecule has 0 atom stereocenters. The minimum absolute atomic E-state index is 0.0600. The molecule has 2 rings (SSSR count). The van der Waals surface area contributed by atoms with E-state index >= 15 is 0 Å². The van der Waals surface area contributed by atoms with Crippen LogP contribution in [-0.2, 0) is 14.6 Å². The van der Waals surface area contributed by atoms with Crippen molar-refractivity contribution in [2.45, 2.75) is 10.4 Å². The molecule has 0 saturated carbocycles. The first-order chi connectivity index (χ1) is 13.5. The molecule has 8 nitrogen and oxygen atoms in total. The minimum Gasteiger partial charge on any atom is -0.495 e. The van der Waals surface area contributed by atoms with Crippen LogP contribution in [0.2, 0.25) is 0 Å². The second-order valence-corrected chi connectivity index (χ2v) is 7.48. The third-order valence-corrected chi connectivity index (χ3v) is 5.03. The summed E-state index contributed by atoms with van der Waals surface area (Å²) in [6.07, 6.45) is 0. The number of amides is 2. The van der Waals surface area contributed by atoms with E-state index in [2.05, 4.69) is 5.32 Å². The Labute approximate surface area is 163 Å². The standard InChI is InChI=1S/C17H15F3N2O6S/c1-27-14-6-5-12(29(25,26)17(18,19)20)8-13(14)22-15(23)9-28-11-4-2-3-10(7-11)16(21)24/h2-8H,9H2,1H3,(H2,21,24)(H,22,23). The maximum Gasteiger partial charge on any atom is 0.501 e. The number of nitrogens with two attached hydrogens (primary N) is 1. The van der Waals surface area contributed by atoms with Gasteiger partial charge in [-0.25, -0.2) is 8.42 Å². The zero-order valence-electron chi connectivity index (χ0n) is 14.8. The van der Waals surface area contributed by atoms with Crippen LogP contribution in [0.25, 0.3) is 0 Å². The Morgan fingerprint density at radius 3 is 2.41 bits per heavy atom. The summed E-state index contributed by atoms with van der Waals surface area (Å²) in [6.45, 7) is -0.582. The van der Waals surface area contributed by atoms with Gasteiger partial charge in [-0.3, -0.25) is 9.59 Å². The van der Waals surface area contributed by atoms with Crippen LogP contribution in [0.5, 0.6) is 11.5 Å². The van der Waals surface area contributed by atoms with Crippen LogP contribution >= 0.6 is 0 Å². The van der Waals surface area contributed by atoms with E-state index in [4.69, 9.17) is 15.2 Å². The van der Waals surface area contributed by atoms with Crippen LogP contribution < -0.4 is 20.5 Å². The first kappa shape index (κ1) is 22.0. The van der Waals surface area contributed by atoms with Gasteiger partial charge in [0, 0.05) is 5.56 Å². The lowest BCUT2D eigenvalue weighted by atomic mass is 10.2. The van der Waals surface area contributed by atoms with Gasteiger partial charge in [-0.15, -0.1) is 0 Å². The maximum absolute atomic E-state index is 12.7. The average molecular weight is 432 g/mol. The molecule has 0 radical (unpaired) electrons. The number of hydrogen-bond donors (Lipinski definition) is 2. The van der Waals surface area contributed by atoms with E-state index in [0.29, 0.717) is 12.1 Å². The Morgan fingerprint density at radius 1 is 1.14 bits per heavy atom. The molecule has 3 N–H and O–H groups in total. The lowest BCUT2D eigenvalue weighted by molar-refractivity contribution is -0.118. The summed E-state index contributed by atoms with van der Waals surface area (Å²) in [4.78, 5) is 22.1. The first-order valence-corrected chi connectivity index (χ1v) is 9.26. The molecular formula is C17H15F3N2O6S. The predicted molar refractivity (Wildman–Crippen MR) is 95.3 cm³/mol. The molecule has 29 heavy (non-hydrogen) atoms. The number of hydrogen-bond acceptors (Lipinski definition) is 6. The van der Waals surface area contributed by atoms with E-state index in [1.165, 1.54) is 31.4 Å². The van der Waals surface area contributed by atoms with Crippen molar-refractivity contribution in [1.29, 1.82) is 0 Å². The van der Waals surface area contributed by atoms with Crippen molar-refractivity contribution in [3.63, 3.8) is 0 Å². The van der Waals surface area contributed by atoms with E-state index in [1.807, 2.05) is 0 Å². The molecule has 0 aliphatic heterocycles. The monoisotopic (exact) mass is 432 g/mol. The van der Waals surface area contributed by atoms with Gasteiger partial charge in [0.25, 0.3) is 15.7 Å². The third kappa shape index (κ3) is 5.16. The Morgan fingerprint density at radius 2 is 1.83 bits per heavy atom. The predicted octanol–water partition coefficient (Wildman–Crippen LogP) is 2.11. The van der Waals surface area contributed by atoms with Crippen molar-refractivity contribution >= 4 is 27.3 Å². The van der Waals surface area contributed by atoms with Gasteiger partial charge < -0.3 is 20.5 Å². The molecule has 0 fully saturated rings. The quantitative estimate of drug-likeness (QED) is 0.690. The molecule has 12 heteroatoms. The van der Waals surface area contributed by atoms with Crippen molar-refractivity contribution in [2.75, 3.05) is 19.0 Å². The lowest BCUT2D eigenvalue weighted by Gasteiger charge is -2.14. The number of benzene rings is 2.